The lowest BCUT2D eigenvalue weighted by Gasteiger charge is -2.23. The van der Waals surface area contributed by atoms with E-state index in [0.29, 0.717) is 5.92 Å². The lowest BCUT2D eigenvalue weighted by Crippen LogP contribution is -2.28. The number of benzene rings is 1. The van der Waals surface area contributed by atoms with Gasteiger partial charge in [0.2, 0.25) is 0 Å². The highest BCUT2D eigenvalue weighted by Gasteiger charge is 2.22. The minimum atomic E-state index is 0.617. The number of imidazole rings is 1. The van der Waals surface area contributed by atoms with Crippen LogP contribution < -0.4 is 5.32 Å². The highest BCUT2D eigenvalue weighted by atomic mass is 15.1. The van der Waals surface area contributed by atoms with E-state index in [1.807, 2.05) is 0 Å². The number of aryl methyl sites for hydroxylation is 2. The lowest BCUT2D eigenvalue weighted by molar-refractivity contribution is 0.422. The number of hydrogen-bond acceptors (Lipinski definition) is 2. The Labute approximate surface area is 127 Å². The smallest absolute Gasteiger partial charge is 0.113 e. The Morgan fingerprint density at radius 1 is 1.29 bits per heavy atom. The molecule has 114 valence electrons. The summed E-state index contributed by atoms with van der Waals surface area (Å²) in [5.74, 6) is 2.66. The van der Waals surface area contributed by atoms with Gasteiger partial charge < -0.3 is 9.88 Å². The summed E-state index contributed by atoms with van der Waals surface area (Å²) in [5.41, 5.74) is 3.79. The highest BCUT2D eigenvalue weighted by Crippen LogP contribution is 2.29. The van der Waals surface area contributed by atoms with Crippen LogP contribution in [-0.2, 0) is 6.54 Å². The van der Waals surface area contributed by atoms with Crippen molar-refractivity contribution < 1.29 is 0 Å². The first-order valence-electron chi connectivity index (χ1n) is 8.32. The topological polar surface area (TPSA) is 29.9 Å². The molecule has 0 radical (unpaired) electrons. The second-order valence-electron chi connectivity index (χ2n) is 6.82. The molecule has 1 aromatic carbocycles. The first-order chi connectivity index (χ1) is 10.1. The fourth-order valence-corrected chi connectivity index (χ4v) is 3.27. The van der Waals surface area contributed by atoms with Crippen LogP contribution >= 0.6 is 0 Å². The van der Waals surface area contributed by atoms with Crippen LogP contribution in [0.15, 0.2) is 18.2 Å². The molecule has 2 heterocycles. The average molecular weight is 285 g/mol. The second kappa shape index (κ2) is 6.18. The van der Waals surface area contributed by atoms with E-state index >= 15 is 0 Å². The summed E-state index contributed by atoms with van der Waals surface area (Å²) in [4.78, 5) is 5.01. The van der Waals surface area contributed by atoms with Crippen molar-refractivity contribution in [2.45, 2.75) is 52.5 Å². The molecule has 1 aromatic heterocycles. The van der Waals surface area contributed by atoms with E-state index in [4.69, 9.17) is 4.98 Å². The van der Waals surface area contributed by atoms with E-state index in [-0.39, 0.29) is 0 Å². The largest absolute Gasteiger partial charge is 0.328 e. The number of nitrogens with one attached hydrogen (secondary N) is 1. The second-order valence-corrected chi connectivity index (χ2v) is 6.82. The van der Waals surface area contributed by atoms with Gasteiger partial charge in [-0.1, -0.05) is 19.9 Å². The maximum atomic E-state index is 5.01. The molecule has 0 bridgehead atoms. The Kier molecular flexibility index (Phi) is 4.29. The van der Waals surface area contributed by atoms with Crippen LogP contribution in [0.5, 0.6) is 0 Å². The molecule has 0 saturated carbocycles. The van der Waals surface area contributed by atoms with Crippen molar-refractivity contribution >= 4 is 11.0 Å². The van der Waals surface area contributed by atoms with Gasteiger partial charge in [0.15, 0.2) is 0 Å². The van der Waals surface area contributed by atoms with Gasteiger partial charge in [-0.05, 0) is 62.9 Å². The van der Waals surface area contributed by atoms with Crippen molar-refractivity contribution in [3.8, 4) is 0 Å². The summed E-state index contributed by atoms with van der Waals surface area (Å²) < 4.78 is 2.49. The number of aromatic nitrogens is 2. The maximum Gasteiger partial charge on any atom is 0.113 e. The number of hydrogen-bond donors (Lipinski definition) is 1. The van der Waals surface area contributed by atoms with Gasteiger partial charge in [-0.25, -0.2) is 4.98 Å². The van der Waals surface area contributed by atoms with Crippen LogP contribution in [0.3, 0.4) is 0 Å². The third-order valence-electron chi connectivity index (χ3n) is 4.57. The number of fused-ring (bicyclic) bond motifs is 1. The fraction of sp³-hybridized carbons (Fsp3) is 0.611. The molecule has 2 aromatic rings. The molecule has 1 aliphatic heterocycles. The zero-order valence-electron chi connectivity index (χ0n) is 13.5. The number of rotatable bonds is 4. The van der Waals surface area contributed by atoms with E-state index < -0.39 is 0 Å². The molecule has 1 N–H and O–H groups in total. The third-order valence-corrected chi connectivity index (χ3v) is 4.57. The molecule has 0 spiro atoms. The standard InChI is InChI=1S/C18H27N3/c1-13(2)8-11-21-17-5-4-14(3)12-16(17)20-18(21)15-6-9-19-10-7-15/h4-5,12-13,15,19H,6-11H2,1-3H3. The van der Waals surface area contributed by atoms with E-state index in [1.165, 1.54) is 41.7 Å². The van der Waals surface area contributed by atoms with Crippen LogP contribution in [-0.4, -0.2) is 22.6 Å². The van der Waals surface area contributed by atoms with Gasteiger partial charge in [0.25, 0.3) is 0 Å². The summed E-state index contributed by atoms with van der Waals surface area (Å²) in [5, 5.41) is 3.46. The predicted molar refractivity (Wildman–Crippen MR) is 88.8 cm³/mol. The normalized spacial score (nSPS) is 17.0. The maximum absolute atomic E-state index is 5.01. The molecule has 3 rings (SSSR count). The van der Waals surface area contributed by atoms with Gasteiger partial charge >= 0.3 is 0 Å². The minimum absolute atomic E-state index is 0.617. The fourth-order valence-electron chi connectivity index (χ4n) is 3.27. The molecular weight excluding hydrogens is 258 g/mol. The third kappa shape index (κ3) is 3.13. The van der Waals surface area contributed by atoms with Gasteiger partial charge in [0.1, 0.15) is 5.82 Å². The van der Waals surface area contributed by atoms with Gasteiger partial charge in [-0.2, -0.15) is 0 Å². The first-order valence-corrected chi connectivity index (χ1v) is 8.32. The molecular formula is C18H27N3. The van der Waals surface area contributed by atoms with E-state index in [2.05, 4.69) is 48.9 Å². The van der Waals surface area contributed by atoms with Gasteiger partial charge in [0.05, 0.1) is 11.0 Å². The molecule has 3 heteroatoms. The zero-order chi connectivity index (χ0) is 14.8. The van der Waals surface area contributed by atoms with Crippen molar-refractivity contribution in [3.05, 3.63) is 29.6 Å². The van der Waals surface area contributed by atoms with Crippen LogP contribution in [0.4, 0.5) is 0 Å². The Bertz CT molecular complexity index is 606. The van der Waals surface area contributed by atoms with E-state index in [0.717, 1.165) is 25.6 Å². The van der Waals surface area contributed by atoms with Crippen LogP contribution in [0.1, 0.15) is 50.4 Å². The summed E-state index contributed by atoms with van der Waals surface area (Å²) in [7, 11) is 0. The Hall–Kier alpha value is -1.35. The first kappa shape index (κ1) is 14.6. The molecule has 0 atom stereocenters. The average Bonchev–Trinajstić information content (AvgIpc) is 2.83. The molecule has 21 heavy (non-hydrogen) atoms. The molecule has 0 amide bonds. The Morgan fingerprint density at radius 2 is 2.05 bits per heavy atom. The van der Waals surface area contributed by atoms with Crippen LogP contribution in [0.2, 0.25) is 0 Å². The highest BCUT2D eigenvalue weighted by molar-refractivity contribution is 5.77. The van der Waals surface area contributed by atoms with Gasteiger partial charge in [-0.15, -0.1) is 0 Å². The summed E-state index contributed by atoms with van der Waals surface area (Å²) >= 11 is 0. The van der Waals surface area contributed by atoms with Crippen molar-refractivity contribution in [1.29, 1.82) is 0 Å². The van der Waals surface area contributed by atoms with Gasteiger partial charge in [-0.3, -0.25) is 0 Å². The van der Waals surface area contributed by atoms with Crippen molar-refractivity contribution in [3.63, 3.8) is 0 Å². The SMILES string of the molecule is Cc1ccc2c(c1)nc(C1CCNCC1)n2CCC(C)C. The monoisotopic (exact) mass is 285 g/mol. The van der Waals surface area contributed by atoms with Gasteiger partial charge in [0, 0.05) is 12.5 Å². The minimum Gasteiger partial charge on any atom is -0.328 e. The van der Waals surface area contributed by atoms with E-state index in [9.17, 15) is 0 Å². The molecule has 1 fully saturated rings. The molecule has 1 aliphatic rings. The van der Waals surface area contributed by atoms with Crippen molar-refractivity contribution in [2.75, 3.05) is 13.1 Å². The molecule has 0 unspecified atom stereocenters. The number of piperidine rings is 1. The zero-order valence-corrected chi connectivity index (χ0v) is 13.5. The van der Waals surface area contributed by atoms with Crippen molar-refractivity contribution in [1.82, 2.24) is 14.9 Å². The number of nitrogens with zero attached hydrogens (tertiary/aromatic N) is 2. The lowest BCUT2D eigenvalue weighted by atomic mass is 9.97. The quantitative estimate of drug-likeness (QED) is 0.924. The van der Waals surface area contributed by atoms with Crippen molar-refractivity contribution in [2.24, 2.45) is 5.92 Å². The van der Waals surface area contributed by atoms with Crippen LogP contribution in [0, 0.1) is 12.8 Å². The summed E-state index contributed by atoms with van der Waals surface area (Å²) in [6.45, 7) is 10.1. The van der Waals surface area contributed by atoms with E-state index in [1.54, 1.807) is 0 Å². The van der Waals surface area contributed by atoms with Crippen LogP contribution in [0.25, 0.3) is 11.0 Å². The summed E-state index contributed by atoms with van der Waals surface area (Å²) in [6, 6.07) is 6.69. The predicted octanol–water partition coefficient (Wildman–Crippen LogP) is 3.86. The Balaban J connectivity index is 2.00. The molecule has 0 aliphatic carbocycles. The summed E-state index contributed by atoms with van der Waals surface area (Å²) in [6.07, 6.45) is 3.64. The Morgan fingerprint density at radius 3 is 2.76 bits per heavy atom. The molecule has 3 nitrogen and oxygen atoms in total. The molecule has 1 saturated heterocycles.